The fourth-order valence-corrected chi connectivity index (χ4v) is 1.74. The monoisotopic (exact) mass is 259 g/mol. The Bertz CT molecular complexity index is 346. The Morgan fingerprint density at radius 2 is 2.06 bits per heavy atom. The minimum absolute atomic E-state index is 0.180. The molecule has 8 heteroatoms. The summed E-state index contributed by atoms with van der Waals surface area (Å²) in [4.78, 5) is 33.2. The molecule has 102 valence electrons. The lowest BCUT2D eigenvalue weighted by Crippen LogP contribution is -2.47. The molecule has 18 heavy (non-hydrogen) atoms. The first-order valence-corrected chi connectivity index (χ1v) is 5.61. The van der Waals surface area contributed by atoms with E-state index in [4.69, 9.17) is 21.3 Å². The zero-order valence-corrected chi connectivity index (χ0v) is 9.80. The average molecular weight is 259 g/mol. The van der Waals surface area contributed by atoms with E-state index in [1.807, 2.05) is 0 Å². The minimum Gasteiger partial charge on any atom is -0.480 e. The molecule has 0 aromatic carbocycles. The second-order valence-electron chi connectivity index (χ2n) is 4.13. The van der Waals surface area contributed by atoms with Crippen molar-refractivity contribution in [1.82, 2.24) is 5.32 Å². The topological polar surface area (TPSA) is 145 Å². The van der Waals surface area contributed by atoms with E-state index in [0.717, 1.165) is 0 Å². The summed E-state index contributed by atoms with van der Waals surface area (Å²) in [5, 5.41) is 11.1. The van der Waals surface area contributed by atoms with Crippen LogP contribution in [0.3, 0.4) is 0 Å². The van der Waals surface area contributed by atoms with Crippen LogP contribution in [0.2, 0.25) is 0 Å². The number of primary amides is 1. The first-order valence-electron chi connectivity index (χ1n) is 5.61. The molecular weight excluding hydrogens is 242 g/mol. The average Bonchev–Trinajstić information content (AvgIpc) is 2.75. The van der Waals surface area contributed by atoms with Crippen molar-refractivity contribution in [2.24, 2.45) is 11.5 Å². The Hall–Kier alpha value is -1.67. The van der Waals surface area contributed by atoms with E-state index in [9.17, 15) is 14.4 Å². The smallest absolute Gasteiger partial charge is 0.326 e. The van der Waals surface area contributed by atoms with E-state index in [0.29, 0.717) is 19.4 Å². The van der Waals surface area contributed by atoms with Crippen molar-refractivity contribution >= 4 is 17.8 Å². The normalized spacial score (nSPS) is 24.5. The maximum Gasteiger partial charge on any atom is 0.326 e. The van der Waals surface area contributed by atoms with Crippen molar-refractivity contribution in [2.75, 3.05) is 6.54 Å². The number of hydrogen-bond donors (Lipinski definition) is 4. The number of nitrogens with two attached hydrogens (primary N) is 2. The highest BCUT2D eigenvalue weighted by Crippen LogP contribution is 2.19. The highest BCUT2D eigenvalue weighted by Gasteiger charge is 2.32. The van der Waals surface area contributed by atoms with Crippen molar-refractivity contribution in [1.29, 1.82) is 0 Å². The van der Waals surface area contributed by atoms with Crippen LogP contribution in [0.1, 0.15) is 19.3 Å². The van der Waals surface area contributed by atoms with Crippen LogP contribution in [0.5, 0.6) is 0 Å². The maximum absolute atomic E-state index is 11.7. The van der Waals surface area contributed by atoms with Crippen LogP contribution in [0.15, 0.2) is 0 Å². The molecule has 2 amide bonds. The third kappa shape index (κ3) is 3.97. The van der Waals surface area contributed by atoms with Gasteiger partial charge in [-0.1, -0.05) is 0 Å². The number of amides is 2. The molecule has 1 aliphatic heterocycles. The van der Waals surface area contributed by atoms with Gasteiger partial charge in [0.1, 0.15) is 12.1 Å². The molecule has 6 N–H and O–H groups in total. The Morgan fingerprint density at radius 3 is 2.50 bits per heavy atom. The van der Waals surface area contributed by atoms with Gasteiger partial charge in [0.25, 0.3) is 0 Å². The van der Waals surface area contributed by atoms with Crippen molar-refractivity contribution < 1.29 is 24.2 Å². The summed E-state index contributed by atoms with van der Waals surface area (Å²) >= 11 is 0. The predicted octanol–water partition coefficient (Wildman–Crippen LogP) is -2.06. The Morgan fingerprint density at radius 1 is 1.39 bits per heavy atom. The van der Waals surface area contributed by atoms with Gasteiger partial charge in [0.05, 0.1) is 12.5 Å². The number of carboxylic acid groups (broad SMARTS) is 1. The maximum atomic E-state index is 11.7. The molecule has 1 aliphatic rings. The van der Waals surface area contributed by atoms with E-state index in [1.165, 1.54) is 0 Å². The number of carboxylic acids is 1. The van der Waals surface area contributed by atoms with Gasteiger partial charge < -0.3 is 26.6 Å². The summed E-state index contributed by atoms with van der Waals surface area (Å²) in [5.74, 6) is -2.66. The summed E-state index contributed by atoms with van der Waals surface area (Å²) in [7, 11) is 0. The number of nitrogens with one attached hydrogen (secondary N) is 1. The fourth-order valence-electron chi connectivity index (χ4n) is 1.74. The number of carbonyl (C=O) groups is 3. The molecule has 1 fully saturated rings. The summed E-state index contributed by atoms with van der Waals surface area (Å²) in [6, 6.07) is -1.32. The quantitative estimate of drug-likeness (QED) is 0.431. The van der Waals surface area contributed by atoms with Crippen LogP contribution in [0, 0.1) is 0 Å². The van der Waals surface area contributed by atoms with Gasteiger partial charge in [0, 0.05) is 6.54 Å². The highest BCUT2D eigenvalue weighted by atomic mass is 16.5. The molecule has 1 rings (SSSR count). The molecule has 0 saturated carbocycles. The van der Waals surface area contributed by atoms with Gasteiger partial charge in [-0.3, -0.25) is 9.59 Å². The van der Waals surface area contributed by atoms with Gasteiger partial charge in [-0.25, -0.2) is 4.79 Å². The van der Waals surface area contributed by atoms with Crippen LogP contribution in [-0.4, -0.2) is 47.7 Å². The van der Waals surface area contributed by atoms with Crippen molar-refractivity contribution in [2.45, 2.75) is 37.5 Å². The summed E-state index contributed by atoms with van der Waals surface area (Å²) in [5.41, 5.74) is 10.3. The lowest BCUT2D eigenvalue weighted by Gasteiger charge is -2.16. The van der Waals surface area contributed by atoms with E-state index in [2.05, 4.69) is 5.32 Å². The second-order valence-corrected chi connectivity index (χ2v) is 4.13. The van der Waals surface area contributed by atoms with Gasteiger partial charge in [-0.2, -0.15) is 0 Å². The summed E-state index contributed by atoms with van der Waals surface area (Å²) in [6.07, 6.45) is -0.208. The largest absolute Gasteiger partial charge is 0.480 e. The van der Waals surface area contributed by atoms with E-state index in [1.54, 1.807) is 0 Å². The first kappa shape index (κ1) is 14.4. The van der Waals surface area contributed by atoms with Crippen molar-refractivity contribution in [3.8, 4) is 0 Å². The third-order valence-electron chi connectivity index (χ3n) is 2.68. The Kier molecular flexibility index (Phi) is 5.05. The summed E-state index contributed by atoms with van der Waals surface area (Å²) < 4.78 is 5.31. The van der Waals surface area contributed by atoms with E-state index >= 15 is 0 Å². The van der Waals surface area contributed by atoms with Gasteiger partial charge in [-0.15, -0.1) is 0 Å². The summed E-state index contributed by atoms with van der Waals surface area (Å²) in [6.45, 7) is 0.313. The standard InChI is InChI=1S/C10H17N3O5/c11-4-5-1-2-7(18-5)9(15)13-6(10(16)17)3-8(12)14/h5-7H,1-4,11H2,(H2,12,14)(H,13,15)(H,16,17). The SMILES string of the molecule is NCC1CCC(C(=O)NC(CC(N)=O)C(=O)O)O1. The molecule has 3 unspecified atom stereocenters. The van der Waals surface area contributed by atoms with Crippen LogP contribution in [0.25, 0.3) is 0 Å². The Labute approximate surface area is 104 Å². The predicted molar refractivity (Wildman–Crippen MR) is 60.3 cm³/mol. The zero-order valence-electron chi connectivity index (χ0n) is 9.80. The number of hydrogen-bond acceptors (Lipinski definition) is 5. The second kappa shape index (κ2) is 6.31. The van der Waals surface area contributed by atoms with Gasteiger partial charge in [0.15, 0.2) is 0 Å². The molecular formula is C10H17N3O5. The van der Waals surface area contributed by atoms with Gasteiger partial charge in [-0.05, 0) is 12.8 Å². The van der Waals surface area contributed by atoms with Crippen LogP contribution in [-0.2, 0) is 19.1 Å². The molecule has 3 atom stereocenters. The fraction of sp³-hybridized carbons (Fsp3) is 0.700. The number of ether oxygens (including phenoxy) is 1. The van der Waals surface area contributed by atoms with Gasteiger partial charge >= 0.3 is 5.97 Å². The Balaban J connectivity index is 2.51. The van der Waals surface area contributed by atoms with Gasteiger partial charge in [0.2, 0.25) is 11.8 Å². The minimum atomic E-state index is -1.32. The lowest BCUT2D eigenvalue weighted by molar-refractivity contribution is -0.145. The van der Waals surface area contributed by atoms with Crippen LogP contribution in [0.4, 0.5) is 0 Å². The molecule has 1 heterocycles. The van der Waals surface area contributed by atoms with E-state index < -0.39 is 36.4 Å². The zero-order chi connectivity index (χ0) is 13.7. The molecule has 0 aliphatic carbocycles. The number of carbonyl (C=O) groups excluding carboxylic acids is 2. The molecule has 1 saturated heterocycles. The van der Waals surface area contributed by atoms with Crippen molar-refractivity contribution in [3.05, 3.63) is 0 Å². The highest BCUT2D eigenvalue weighted by molar-refractivity contribution is 5.89. The molecule has 0 bridgehead atoms. The molecule has 0 aromatic rings. The molecule has 0 radical (unpaired) electrons. The number of rotatable bonds is 6. The van der Waals surface area contributed by atoms with E-state index in [-0.39, 0.29) is 6.10 Å². The lowest BCUT2D eigenvalue weighted by atomic mass is 10.1. The van der Waals surface area contributed by atoms with Crippen molar-refractivity contribution in [3.63, 3.8) is 0 Å². The van der Waals surface area contributed by atoms with Crippen LogP contribution < -0.4 is 16.8 Å². The first-order chi connectivity index (χ1) is 8.43. The third-order valence-corrected chi connectivity index (χ3v) is 2.68. The molecule has 0 spiro atoms. The van der Waals surface area contributed by atoms with Crippen LogP contribution >= 0.6 is 0 Å². The molecule has 8 nitrogen and oxygen atoms in total. The molecule has 0 aromatic heterocycles. The number of aliphatic carboxylic acids is 1.